The number of methoxy groups -OCH3 is 1. The van der Waals surface area contributed by atoms with Crippen LogP contribution in [0.15, 0.2) is 24.3 Å². The second kappa shape index (κ2) is 6.19. The fourth-order valence-electron chi connectivity index (χ4n) is 1.33. The summed E-state index contributed by atoms with van der Waals surface area (Å²) in [6, 6.07) is 6.77. The van der Waals surface area contributed by atoms with Crippen molar-refractivity contribution in [2.75, 3.05) is 19.0 Å². The predicted molar refractivity (Wildman–Crippen MR) is 70.9 cm³/mol. The summed E-state index contributed by atoms with van der Waals surface area (Å²) in [5, 5.41) is 13.9. The van der Waals surface area contributed by atoms with Crippen LogP contribution in [0.3, 0.4) is 0 Å². The summed E-state index contributed by atoms with van der Waals surface area (Å²) >= 11 is 0. The standard InChI is InChI=1S/C13H18N2O4/c1-13(2,8-16)15-12(18)11(17)14-9-6-4-5-7-10(9)19-3/h4-7,16H,8H2,1-3H3,(H,14,17)(H,15,18). The maximum Gasteiger partial charge on any atom is 0.313 e. The molecule has 1 rings (SSSR count). The summed E-state index contributed by atoms with van der Waals surface area (Å²) in [7, 11) is 1.47. The molecular weight excluding hydrogens is 248 g/mol. The number of carbonyl (C=O) groups excluding carboxylic acids is 2. The van der Waals surface area contributed by atoms with Crippen LogP contribution in [0.5, 0.6) is 5.75 Å². The van der Waals surface area contributed by atoms with Gasteiger partial charge in [-0.2, -0.15) is 0 Å². The second-order valence-corrected chi connectivity index (χ2v) is 4.65. The first kappa shape index (κ1) is 15.0. The molecule has 0 saturated carbocycles. The number of hydrogen-bond acceptors (Lipinski definition) is 4. The Bertz CT molecular complexity index is 471. The third kappa shape index (κ3) is 4.26. The van der Waals surface area contributed by atoms with Crippen LogP contribution < -0.4 is 15.4 Å². The van der Waals surface area contributed by atoms with Crippen molar-refractivity contribution >= 4 is 17.5 Å². The van der Waals surface area contributed by atoms with E-state index in [1.165, 1.54) is 7.11 Å². The van der Waals surface area contributed by atoms with Crippen LogP contribution >= 0.6 is 0 Å². The van der Waals surface area contributed by atoms with Gasteiger partial charge in [0.05, 0.1) is 24.9 Å². The van der Waals surface area contributed by atoms with E-state index in [0.717, 1.165) is 0 Å². The number of benzene rings is 1. The van der Waals surface area contributed by atoms with Gasteiger partial charge in [-0.15, -0.1) is 0 Å². The quantitative estimate of drug-likeness (QED) is 0.693. The summed E-state index contributed by atoms with van der Waals surface area (Å²) in [5.74, 6) is -1.17. The zero-order valence-electron chi connectivity index (χ0n) is 11.2. The van der Waals surface area contributed by atoms with Crippen LogP contribution in [-0.2, 0) is 9.59 Å². The first-order valence-electron chi connectivity index (χ1n) is 5.77. The topological polar surface area (TPSA) is 87.7 Å². The number of hydrogen-bond donors (Lipinski definition) is 3. The van der Waals surface area contributed by atoms with Crippen LogP contribution in [0, 0.1) is 0 Å². The average Bonchev–Trinajstić information content (AvgIpc) is 2.38. The largest absolute Gasteiger partial charge is 0.495 e. The van der Waals surface area contributed by atoms with E-state index in [4.69, 9.17) is 9.84 Å². The van der Waals surface area contributed by atoms with Gasteiger partial charge in [-0.25, -0.2) is 0 Å². The van der Waals surface area contributed by atoms with Crippen LogP contribution in [0.4, 0.5) is 5.69 Å². The summed E-state index contributed by atoms with van der Waals surface area (Å²) < 4.78 is 5.06. The van der Waals surface area contributed by atoms with Crippen molar-refractivity contribution in [2.45, 2.75) is 19.4 Å². The summed E-state index contributed by atoms with van der Waals surface area (Å²) in [6.45, 7) is 2.96. The number of rotatable bonds is 4. The number of aliphatic hydroxyl groups is 1. The number of anilines is 1. The number of para-hydroxylation sites is 2. The van der Waals surface area contributed by atoms with Gasteiger partial charge < -0.3 is 20.5 Å². The van der Waals surface area contributed by atoms with Crippen LogP contribution in [0.25, 0.3) is 0 Å². The minimum absolute atomic E-state index is 0.263. The Morgan fingerprint density at radius 1 is 1.26 bits per heavy atom. The van der Waals surface area contributed by atoms with Crippen molar-refractivity contribution in [3.05, 3.63) is 24.3 Å². The Morgan fingerprint density at radius 2 is 1.89 bits per heavy atom. The van der Waals surface area contributed by atoms with Crippen molar-refractivity contribution in [3.63, 3.8) is 0 Å². The SMILES string of the molecule is COc1ccccc1NC(=O)C(=O)NC(C)(C)CO. The van der Waals surface area contributed by atoms with Gasteiger partial charge in [-0.05, 0) is 26.0 Å². The maximum atomic E-state index is 11.7. The van der Waals surface area contributed by atoms with E-state index in [-0.39, 0.29) is 6.61 Å². The number of carbonyl (C=O) groups is 2. The van der Waals surface area contributed by atoms with Gasteiger partial charge >= 0.3 is 11.8 Å². The number of amides is 2. The van der Waals surface area contributed by atoms with Crippen LogP contribution in [0.2, 0.25) is 0 Å². The highest BCUT2D eigenvalue weighted by molar-refractivity contribution is 6.39. The lowest BCUT2D eigenvalue weighted by molar-refractivity contribution is -0.137. The monoisotopic (exact) mass is 266 g/mol. The van der Waals surface area contributed by atoms with E-state index in [9.17, 15) is 9.59 Å². The lowest BCUT2D eigenvalue weighted by atomic mass is 10.1. The Hall–Kier alpha value is -2.08. The van der Waals surface area contributed by atoms with Crippen molar-refractivity contribution in [2.24, 2.45) is 0 Å². The van der Waals surface area contributed by atoms with Crippen molar-refractivity contribution in [3.8, 4) is 5.75 Å². The number of aliphatic hydroxyl groups excluding tert-OH is 1. The third-order valence-electron chi connectivity index (χ3n) is 2.41. The molecule has 104 valence electrons. The second-order valence-electron chi connectivity index (χ2n) is 4.65. The molecule has 2 amide bonds. The van der Waals surface area contributed by atoms with Gasteiger partial charge in [-0.3, -0.25) is 9.59 Å². The maximum absolute atomic E-state index is 11.7. The molecule has 0 radical (unpaired) electrons. The lowest BCUT2D eigenvalue weighted by Crippen LogP contribution is -2.50. The van der Waals surface area contributed by atoms with Crippen molar-refractivity contribution in [1.29, 1.82) is 0 Å². The molecule has 0 spiro atoms. The Kier molecular flexibility index (Phi) is 4.88. The molecule has 0 aromatic heterocycles. The Morgan fingerprint density at radius 3 is 2.47 bits per heavy atom. The molecule has 3 N–H and O–H groups in total. The molecule has 0 unspecified atom stereocenters. The van der Waals surface area contributed by atoms with E-state index in [1.54, 1.807) is 38.1 Å². The molecule has 6 heteroatoms. The minimum Gasteiger partial charge on any atom is -0.495 e. The molecule has 19 heavy (non-hydrogen) atoms. The molecule has 0 saturated heterocycles. The number of ether oxygens (including phenoxy) is 1. The molecule has 0 aliphatic carbocycles. The molecule has 0 fully saturated rings. The Labute approximate surface area is 111 Å². The molecule has 1 aromatic carbocycles. The van der Waals surface area contributed by atoms with Gasteiger partial charge in [0, 0.05) is 0 Å². The fraction of sp³-hybridized carbons (Fsp3) is 0.385. The highest BCUT2D eigenvalue weighted by atomic mass is 16.5. The molecule has 0 aliphatic rings. The Balaban J connectivity index is 2.72. The smallest absolute Gasteiger partial charge is 0.313 e. The average molecular weight is 266 g/mol. The van der Waals surface area contributed by atoms with E-state index in [0.29, 0.717) is 11.4 Å². The highest BCUT2D eigenvalue weighted by Crippen LogP contribution is 2.22. The third-order valence-corrected chi connectivity index (χ3v) is 2.41. The van der Waals surface area contributed by atoms with Gasteiger partial charge in [-0.1, -0.05) is 12.1 Å². The molecular formula is C13H18N2O4. The summed E-state index contributed by atoms with van der Waals surface area (Å²) in [6.07, 6.45) is 0. The highest BCUT2D eigenvalue weighted by Gasteiger charge is 2.24. The normalized spacial score (nSPS) is 10.7. The van der Waals surface area contributed by atoms with Gasteiger partial charge in [0.2, 0.25) is 0 Å². The molecule has 1 aromatic rings. The van der Waals surface area contributed by atoms with Crippen molar-refractivity contribution < 1.29 is 19.4 Å². The van der Waals surface area contributed by atoms with E-state index in [2.05, 4.69) is 10.6 Å². The first-order valence-corrected chi connectivity index (χ1v) is 5.77. The summed E-state index contributed by atoms with van der Waals surface area (Å²) in [5.41, 5.74) is -0.443. The molecule has 6 nitrogen and oxygen atoms in total. The van der Waals surface area contributed by atoms with Crippen molar-refractivity contribution in [1.82, 2.24) is 5.32 Å². The zero-order chi connectivity index (χ0) is 14.5. The van der Waals surface area contributed by atoms with Crippen LogP contribution in [-0.4, -0.2) is 36.2 Å². The van der Waals surface area contributed by atoms with E-state index in [1.807, 2.05) is 0 Å². The van der Waals surface area contributed by atoms with E-state index >= 15 is 0 Å². The summed E-state index contributed by atoms with van der Waals surface area (Å²) in [4.78, 5) is 23.4. The van der Waals surface area contributed by atoms with Crippen LogP contribution in [0.1, 0.15) is 13.8 Å². The fourth-order valence-corrected chi connectivity index (χ4v) is 1.33. The van der Waals surface area contributed by atoms with Gasteiger partial charge in [0.1, 0.15) is 5.75 Å². The number of nitrogens with one attached hydrogen (secondary N) is 2. The first-order chi connectivity index (χ1) is 8.89. The minimum atomic E-state index is -0.852. The lowest BCUT2D eigenvalue weighted by Gasteiger charge is -2.22. The molecule has 0 bridgehead atoms. The predicted octanol–water partition coefficient (Wildman–Crippen LogP) is 0.521. The molecule has 0 aliphatic heterocycles. The zero-order valence-corrected chi connectivity index (χ0v) is 11.2. The van der Waals surface area contributed by atoms with Gasteiger partial charge in [0.15, 0.2) is 0 Å². The molecule has 0 atom stereocenters. The van der Waals surface area contributed by atoms with E-state index < -0.39 is 17.4 Å². The molecule has 0 heterocycles. The van der Waals surface area contributed by atoms with Gasteiger partial charge in [0.25, 0.3) is 0 Å².